The summed E-state index contributed by atoms with van der Waals surface area (Å²) in [6.07, 6.45) is 1.70. The zero-order valence-electron chi connectivity index (χ0n) is 15.2. The summed E-state index contributed by atoms with van der Waals surface area (Å²) in [5.41, 5.74) is 0.869. The van der Waals surface area contributed by atoms with Crippen molar-refractivity contribution >= 4 is 34.8 Å². The average molecular weight is 401 g/mol. The van der Waals surface area contributed by atoms with E-state index in [4.69, 9.17) is 4.74 Å². The summed E-state index contributed by atoms with van der Waals surface area (Å²) in [6.45, 7) is 0.0475. The highest BCUT2D eigenvalue weighted by molar-refractivity contribution is 6.05. The van der Waals surface area contributed by atoms with E-state index in [1.807, 2.05) is 10.2 Å². The molecular weight excluding hydrogens is 384 g/mol. The molecule has 0 aromatic heterocycles. The first-order valence-electron chi connectivity index (χ1n) is 9.06. The zero-order valence-corrected chi connectivity index (χ0v) is 15.2. The third kappa shape index (κ3) is 3.63. The Morgan fingerprint density at radius 1 is 1.21 bits per heavy atom. The highest BCUT2D eigenvalue weighted by Crippen LogP contribution is 2.37. The van der Waals surface area contributed by atoms with Crippen molar-refractivity contribution in [1.29, 1.82) is 0 Å². The molecule has 0 unspecified atom stereocenters. The molecule has 1 fully saturated rings. The van der Waals surface area contributed by atoms with Crippen molar-refractivity contribution in [2.75, 3.05) is 28.7 Å². The minimum absolute atomic E-state index is 0.119. The number of fused-ring (bicyclic) bond motifs is 3. The van der Waals surface area contributed by atoms with Crippen molar-refractivity contribution in [1.82, 2.24) is 0 Å². The van der Waals surface area contributed by atoms with Gasteiger partial charge in [-0.25, -0.2) is 13.6 Å². The maximum Gasteiger partial charge on any atom is 0.338 e. The number of hydrogen-bond acceptors (Lipinski definition) is 5. The lowest BCUT2D eigenvalue weighted by Gasteiger charge is -2.33. The van der Waals surface area contributed by atoms with E-state index in [0.29, 0.717) is 5.69 Å². The Kier molecular flexibility index (Phi) is 4.87. The number of amides is 2. The molecule has 2 aromatic rings. The summed E-state index contributed by atoms with van der Waals surface area (Å²) in [5, 5.41) is 4.82. The van der Waals surface area contributed by atoms with Crippen LogP contribution in [0.1, 0.15) is 23.2 Å². The quantitative estimate of drug-likeness (QED) is 0.770. The van der Waals surface area contributed by atoms with Gasteiger partial charge < -0.3 is 20.3 Å². The van der Waals surface area contributed by atoms with Gasteiger partial charge in [-0.2, -0.15) is 0 Å². The maximum atomic E-state index is 13.6. The number of rotatable bonds is 4. The zero-order chi connectivity index (χ0) is 20.5. The van der Waals surface area contributed by atoms with E-state index < -0.39 is 35.8 Å². The third-order valence-corrected chi connectivity index (χ3v) is 4.92. The molecule has 2 heterocycles. The smallest absolute Gasteiger partial charge is 0.338 e. The van der Waals surface area contributed by atoms with E-state index in [-0.39, 0.29) is 17.5 Å². The number of halogens is 2. The van der Waals surface area contributed by atoms with E-state index in [0.717, 1.165) is 37.2 Å². The SMILES string of the molecule is O=C(COC(=O)c1ccc2c(c1)NC(=O)[C@H]1CCCN21)Nc1c(F)cccc1F. The molecule has 1 atom stereocenters. The van der Waals surface area contributed by atoms with Gasteiger partial charge in [0.25, 0.3) is 5.91 Å². The van der Waals surface area contributed by atoms with Gasteiger partial charge in [0.2, 0.25) is 5.91 Å². The topological polar surface area (TPSA) is 87.7 Å². The first-order valence-corrected chi connectivity index (χ1v) is 9.06. The van der Waals surface area contributed by atoms with Crippen LogP contribution in [0, 0.1) is 11.6 Å². The van der Waals surface area contributed by atoms with E-state index in [1.54, 1.807) is 12.1 Å². The fourth-order valence-corrected chi connectivity index (χ4v) is 3.56. The Balaban J connectivity index is 1.41. The Bertz CT molecular complexity index is 991. The predicted octanol–water partition coefficient (Wildman–Crippen LogP) is 2.68. The number of benzene rings is 2. The Labute approximate surface area is 164 Å². The normalized spacial score (nSPS) is 17.2. The lowest BCUT2D eigenvalue weighted by molar-refractivity contribution is -0.119. The maximum absolute atomic E-state index is 13.6. The van der Waals surface area contributed by atoms with Gasteiger partial charge in [-0.1, -0.05) is 6.07 Å². The number of carbonyl (C=O) groups excluding carboxylic acids is 3. The van der Waals surface area contributed by atoms with Crippen molar-refractivity contribution in [3.8, 4) is 0 Å². The largest absolute Gasteiger partial charge is 0.452 e. The first kappa shape index (κ1) is 18.9. The van der Waals surface area contributed by atoms with Crippen LogP contribution in [0.2, 0.25) is 0 Å². The van der Waals surface area contributed by atoms with Crippen molar-refractivity contribution in [2.45, 2.75) is 18.9 Å². The van der Waals surface area contributed by atoms with Crippen molar-refractivity contribution in [2.24, 2.45) is 0 Å². The van der Waals surface area contributed by atoms with Crippen LogP contribution in [0.3, 0.4) is 0 Å². The lowest BCUT2D eigenvalue weighted by Crippen LogP contribution is -2.43. The molecule has 0 bridgehead atoms. The molecule has 7 nitrogen and oxygen atoms in total. The number of para-hydroxylation sites is 1. The molecule has 0 saturated carbocycles. The van der Waals surface area contributed by atoms with Crippen LogP contribution >= 0.6 is 0 Å². The van der Waals surface area contributed by atoms with Crippen LogP contribution in [0.25, 0.3) is 0 Å². The van der Waals surface area contributed by atoms with E-state index >= 15 is 0 Å². The standard InChI is InChI=1S/C20H17F2N3O4/c21-12-3-1-4-13(22)18(12)24-17(26)10-29-20(28)11-6-7-15-14(9-11)23-19(27)16-5-2-8-25(15)16/h1,3-4,6-7,9,16H,2,5,8,10H2,(H,23,27)(H,24,26)/t16-/m1/s1. The van der Waals surface area contributed by atoms with Gasteiger partial charge in [0.15, 0.2) is 6.61 Å². The average Bonchev–Trinajstić information content (AvgIpc) is 3.19. The molecule has 2 aromatic carbocycles. The monoisotopic (exact) mass is 401 g/mol. The van der Waals surface area contributed by atoms with Crippen molar-refractivity contribution < 1.29 is 27.9 Å². The Morgan fingerprint density at radius 2 is 1.97 bits per heavy atom. The molecule has 4 rings (SSSR count). The highest BCUT2D eigenvalue weighted by Gasteiger charge is 2.36. The summed E-state index contributed by atoms with van der Waals surface area (Å²) in [5.74, 6) is -3.67. The molecule has 2 aliphatic rings. The molecule has 0 radical (unpaired) electrons. The number of carbonyl (C=O) groups is 3. The number of anilines is 3. The fourth-order valence-electron chi connectivity index (χ4n) is 3.56. The van der Waals surface area contributed by atoms with Crippen LogP contribution < -0.4 is 15.5 Å². The summed E-state index contributed by atoms with van der Waals surface area (Å²) in [4.78, 5) is 38.3. The minimum Gasteiger partial charge on any atom is -0.452 e. The number of ether oxygens (including phenoxy) is 1. The van der Waals surface area contributed by atoms with Gasteiger partial charge in [-0.05, 0) is 43.2 Å². The minimum atomic E-state index is -0.935. The predicted molar refractivity (Wildman–Crippen MR) is 101 cm³/mol. The first-order chi connectivity index (χ1) is 13.9. The van der Waals surface area contributed by atoms with E-state index in [9.17, 15) is 23.2 Å². The third-order valence-electron chi connectivity index (χ3n) is 4.92. The molecular formula is C20H17F2N3O4. The van der Waals surface area contributed by atoms with E-state index in [1.165, 1.54) is 12.1 Å². The lowest BCUT2D eigenvalue weighted by atomic mass is 10.1. The number of nitrogens with zero attached hydrogens (tertiary/aromatic N) is 1. The van der Waals surface area contributed by atoms with Crippen LogP contribution in [0.5, 0.6) is 0 Å². The molecule has 0 spiro atoms. The van der Waals surface area contributed by atoms with Crippen LogP contribution in [-0.2, 0) is 14.3 Å². The van der Waals surface area contributed by atoms with Gasteiger partial charge in [0.1, 0.15) is 23.4 Å². The van der Waals surface area contributed by atoms with Gasteiger partial charge in [0.05, 0.1) is 16.9 Å². The highest BCUT2D eigenvalue weighted by atomic mass is 19.1. The van der Waals surface area contributed by atoms with Gasteiger partial charge >= 0.3 is 5.97 Å². The molecule has 9 heteroatoms. The fraction of sp³-hybridized carbons (Fsp3) is 0.250. The van der Waals surface area contributed by atoms with E-state index in [2.05, 4.69) is 5.32 Å². The molecule has 29 heavy (non-hydrogen) atoms. The second-order valence-electron chi connectivity index (χ2n) is 6.79. The van der Waals surface area contributed by atoms with Crippen molar-refractivity contribution in [3.05, 3.63) is 53.6 Å². The Hall–Kier alpha value is -3.49. The van der Waals surface area contributed by atoms with Gasteiger partial charge in [0, 0.05) is 6.54 Å². The molecule has 2 aliphatic heterocycles. The molecule has 2 amide bonds. The summed E-state index contributed by atoms with van der Waals surface area (Å²) >= 11 is 0. The molecule has 0 aliphatic carbocycles. The summed E-state index contributed by atoms with van der Waals surface area (Å²) < 4.78 is 32.0. The number of hydrogen-bond donors (Lipinski definition) is 2. The van der Waals surface area contributed by atoms with Crippen LogP contribution in [-0.4, -0.2) is 37.0 Å². The Morgan fingerprint density at radius 3 is 2.72 bits per heavy atom. The van der Waals surface area contributed by atoms with Crippen LogP contribution in [0.15, 0.2) is 36.4 Å². The molecule has 1 saturated heterocycles. The van der Waals surface area contributed by atoms with Crippen molar-refractivity contribution in [3.63, 3.8) is 0 Å². The summed E-state index contributed by atoms with van der Waals surface area (Å²) in [7, 11) is 0. The summed E-state index contributed by atoms with van der Waals surface area (Å²) in [6, 6.07) is 7.72. The van der Waals surface area contributed by atoms with Crippen LogP contribution in [0.4, 0.5) is 25.8 Å². The second kappa shape index (κ2) is 7.50. The number of nitrogens with one attached hydrogen (secondary N) is 2. The second-order valence-corrected chi connectivity index (χ2v) is 6.79. The molecule has 150 valence electrons. The van der Waals surface area contributed by atoms with Gasteiger partial charge in [-0.3, -0.25) is 9.59 Å². The molecule has 2 N–H and O–H groups in total. The number of esters is 1. The van der Waals surface area contributed by atoms with Gasteiger partial charge in [-0.15, -0.1) is 0 Å².